The number of halogens is 1. The van der Waals surface area contributed by atoms with E-state index in [0.717, 1.165) is 5.52 Å². The summed E-state index contributed by atoms with van der Waals surface area (Å²) in [7, 11) is 1.83. The summed E-state index contributed by atoms with van der Waals surface area (Å²) in [5.74, 6) is -0.955. The molecule has 1 aromatic carbocycles. The van der Waals surface area contributed by atoms with Gasteiger partial charge >= 0.3 is 5.97 Å². The fourth-order valence-electron chi connectivity index (χ4n) is 1.57. The van der Waals surface area contributed by atoms with E-state index in [1.165, 1.54) is 0 Å². The van der Waals surface area contributed by atoms with Crippen LogP contribution in [0.15, 0.2) is 24.4 Å². The Morgan fingerprint density at radius 1 is 1.50 bits per heavy atom. The van der Waals surface area contributed by atoms with Crippen LogP contribution in [0.2, 0.25) is 5.02 Å². The summed E-state index contributed by atoms with van der Waals surface area (Å²) in [6, 6.07) is 5.10. The standard InChI is InChI=1S/C10H8ClNO2/c1-12-5-7(11)9-6(10(13)14)3-2-4-8(9)12/h2-5H,1H3,(H,13,14). The van der Waals surface area contributed by atoms with Crippen molar-refractivity contribution in [1.29, 1.82) is 0 Å². The summed E-state index contributed by atoms with van der Waals surface area (Å²) < 4.78 is 1.81. The van der Waals surface area contributed by atoms with Crippen LogP contribution in [0, 0.1) is 0 Å². The smallest absolute Gasteiger partial charge is 0.336 e. The number of carboxylic acids is 1. The molecule has 0 fully saturated rings. The maximum Gasteiger partial charge on any atom is 0.336 e. The van der Waals surface area contributed by atoms with Crippen molar-refractivity contribution < 1.29 is 9.90 Å². The quantitative estimate of drug-likeness (QED) is 0.784. The molecule has 1 N–H and O–H groups in total. The lowest BCUT2D eigenvalue weighted by molar-refractivity contribution is 0.0699. The number of carbonyl (C=O) groups is 1. The molecule has 0 aliphatic carbocycles. The topological polar surface area (TPSA) is 42.2 Å². The third kappa shape index (κ3) is 1.17. The normalized spacial score (nSPS) is 10.7. The highest BCUT2D eigenvalue weighted by atomic mass is 35.5. The van der Waals surface area contributed by atoms with Gasteiger partial charge in [0.15, 0.2) is 0 Å². The molecule has 0 atom stereocenters. The van der Waals surface area contributed by atoms with Crippen LogP contribution in [-0.4, -0.2) is 15.6 Å². The first-order chi connectivity index (χ1) is 6.61. The summed E-state index contributed by atoms with van der Waals surface area (Å²) >= 11 is 5.94. The van der Waals surface area contributed by atoms with Gasteiger partial charge in [0.05, 0.1) is 16.1 Å². The van der Waals surface area contributed by atoms with Crippen LogP contribution in [-0.2, 0) is 7.05 Å². The van der Waals surface area contributed by atoms with Crippen molar-refractivity contribution in [3.05, 3.63) is 35.0 Å². The van der Waals surface area contributed by atoms with Crippen LogP contribution in [0.1, 0.15) is 10.4 Å². The van der Waals surface area contributed by atoms with E-state index in [1.54, 1.807) is 18.3 Å². The van der Waals surface area contributed by atoms with E-state index >= 15 is 0 Å². The largest absolute Gasteiger partial charge is 0.478 e. The Morgan fingerprint density at radius 3 is 2.86 bits per heavy atom. The van der Waals surface area contributed by atoms with Crippen molar-refractivity contribution in [1.82, 2.24) is 4.57 Å². The Balaban J connectivity index is 2.92. The predicted octanol–water partition coefficient (Wildman–Crippen LogP) is 2.53. The first-order valence-corrected chi connectivity index (χ1v) is 4.46. The zero-order chi connectivity index (χ0) is 10.3. The van der Waals surface area contributed by atoms with Crippen LogP contribution < -0.4 is 0 Å². The van der Waals surface area contributed by atoms with E-state index in [4.69, 9.17) is 16.7 Å². The van der Waals surface area contributed by atoms with Crippen LogP contribution >= 0.6 is 11.6 Å². The second-order valence-corrected chi connectivity index (χ2v) is 3.50. The lowest BCUT2D eigenvalue weighted by Crippen LogP contribution is -1.96. The molecule has 2 aromatic rings. The number of nitrogens with zero attached hydrogens (tertiary/aromatic N) is 1. The van der Waals surface area contributed by atoms with E-state index in [2.05, 4.69) is 0 Å². The molecule has 0 aliphatic heterocycles. The number of rotatable bonds is 1. The van der Waals surface area contributed by atoms with E-state index in [9.17, 15) is 4.79 Å². The van der Waals surface area contributed by atoms with Crippen LogP contribution in [0.4, 0.5) is 0 Å². The fourth-order valence-corrected chi connectivity index (χ4v) is 1.91. The maximum absolute atomic E-state index is 10.9. The average molecular weight is 210 g/mol. The molecule has 0 radical (unpaired) electrons. The number of benzene rings is 1. The van der Waals surface area contributed by atoms with E-state index in [0.29, 0.717) is 10.4 Å². The Labute approximate surface area is 85.5 Å². The van der Waals surface area contributed by atoms with Crippen molar-refractivity contribution in [2.45, 2.75) is 0 Å². The minimum atomic E-state index is -0.955. The van der Waals surface area contributed by atoms with Gasteiger partial charge in [-0.25, -0.2) is 4.79 Å². The highest BCUT2D eigenvalue weighted by molar-refractivity contribution is 6.36. The summed E-state index contributed by atoms with van der Waals surface area (Å²) in [4.78, 5) is 10.9. The number of carboxylic acid groups (broad SMARTS) is 1. The molecule has 14 heavy (non-hydrogen) atoms. The number of aryl methyl sites for hydroxylation is 1. The second kappa shape index (κ2) is 3.03. The zero-order valence-electron chi connectivity index (χ0n) is 7.49. The Morgan fingerprint density at radius 2 is 2.21 bits per heavy atom. The highest BCUT2D eigenvalue weighted by Gasteiger charge is 2.13. The van der Waals surface area contributed by atoms with Gasteiger partial charge in [-0.2, -0.15) is 0 Å². The Bertz CT molecular complexity index is 516. The van der Waals surface area contributed by atoms with Gasteiger partial charge in [-0.1, -0.05) is 17.7 Å². The molecule has 2 rings (SSSR count). The van der Waals surface area contributed by atoms with Crippen molar-refractivity contribution >= 4 is 28.5 Å². The van der Waals surface area contributed by atoms with Gasteiger partial charge in [-0.15, -0.1) is 0 Å². The van der Waals surface area contributed by atoms with Crippen molar-refractivity contribution in [2.24, 2.45) is 7.05 Å². The Kier molecular flexibility index (Phi) is 1.97. The van der Waals surface area contributed by atoms with Gasteiger partial charge in [0, 0.05) is 18.6 Å². The molecule has 0 amide bonds. The number of hydrogen-bond donors (Lipinski definition) is 1. The average Bonchev–Trinajstić information content (AvgIpc) is 2.43. The third-order valence-corrected chi connectivity index (χ3v) is 2.49. The maximum atomic E-state index is 10.9. The summed E-state index contributed by atoms with van der Waals surface area (Å²) in [6.45, 7) is 0. The lowest BCUT2D eigenvalue weighted by atomic mass is 10.1. The first kappa shape index (κ1) is 9.09. The second-order valence-electron chi connectivity index (χ2n) is 3.09. The minimum Gasteiger partial charge on any atom is -0.478 e. The van der Waals surface area contributed by atoms with E-state index in [-0.39, 0.29) is 5.56 Å². The minimum absolute atomic E-state index is 0.244. The van der Waals surface area contributed by atoms with Gasteiger partial charge in [0.25, 0.3) is 0 Å². The molecule has 3 nitrogen and oxygen atoms in total. The molecule has 72 valence electrons. The van der Waals surface area contributed by atoms with Gasteiger partial charge < -0.3 is 9.67 Å². The van der Waals surface area contributed by atoms with Crippen LogP contribution in [0.3, 0.4) is 0 Å². The molecule has 0 spiro atoms. The SMILES string of the molecule is Cn1cc(Cl)c2c(C(=O)O)cccc21. The van der Waals surface area contributed by atoms with Crippen LogP contribution in [0.25, 0.3) is 10.9 Å². The molecule has 0 aliphatic rings. The van der Waals surface area contributed by atoms with Gasteiger partial charge in [-0.3, -0.25) is 0 Å². The van der Waals surface area contributed by atoms with Crippen molar-refractivity contribution in [2.75, 3.05) is 0 Å². The molecule has 4 heteroatoms. The van der Waals surface area contributed by atoms with E-state index in [1.807, 2.05) is 17.7 Å². The highest BCUT2D eigenvalue weighted by Crippen LogP contribution is 2.28. The van der Waals surface area contributed by atoms with Crippen LogP contribution in [0.5, 0.6) is 0 Å². The number of fused-ring (bicyclic) bond motifs is 1. The molecule has 1 heterocycles. The molecular weight excluding hydrogens is 202 g/mol. The molecule has 0 bridgehead atoms. The monoisotopic (exact) mass is 209 g/mol. The molecule has 1 aromatic heterocycles. The first-order valence-electron chi connectivity index (χ1n) is 4.08. The van der Waals surface area contributed by atoms with Crippen molar-refractivity contribution in [3.63, 3.8) is 0 Å². The molecule has 0 saturated heterocycles. The summed E-state index contributed by atoms with van der Waals surface area (Å²) in [6.07, 6.45) is 1.71. The van der Waals surface area contributed by atoms with Crippen molar-refractivity contribution in [3.8, 4) is 0 Å². The van der Waals surface area contributed by atoms with Gasteiger partial charge in [0.1, 0.15) is 0 Å². The number of aromatic nitrogens is 1. The summed E-state index contributed by atoms with van der Waals surface area (Å²) in [5.41, 5.74) is 1.07. The molecule has 0 saturated carbocycles. The zero-order valence-corrected chi connectivity index (χ0v) is 8.25. The number of hydrogen-bond acceptors (Lipinski definition) is 1. The lowest BCUT2D eigenvalue weighted by Gasteiger charge is -1.98. The molecule has 0 unspecified atom stereocenters. The van der Waals surface area contributed by atoms with Gasteiger partial charge in [-0.05, 0) is 12.1 Å². The summed E-state index contributed by atoms with van der Waals surface area (Å²) in [5, 5.41) is 10.0. The van der Waals surface area contributed by atoms with E-state index < -0.39 is 5.97 Å². The molecular formula is C10H8ClNO2. The third-order valence-electron chi connectivity index (χ3n) is 2.20. The predicted molar refractivity (Wildman–Crippen MR) is 54.9 cm³/mol. The fraction of sp³-hybridized carbons (Fsp3) is 0.100. The number of aromatic carboxylic acids is 1. The Hall–Kier alpha value is -1.48. The van der Waals surface area contributed by atoms with Gasteiger partial charge in [0.2, 0.25) is 0 Å².